The maximum Gasteiger partial charge on any atom is 0.0717 e. The summed E-state index contributed by atoms with van der Waals surface area (Å²) in [7, 11) is 0. The molecule has 1 aromatic heterocycles. The summed E-state index contributed by atoms with van der Waals surface area (Å²) in [5, 5.41) is 2.54. The van der Waals surface area contributed by atoms with E-state index in [1.807, 2.05) is 0 Å². The number of para-hydroxylation sites is 3. The second-order valence-electron chi connectivity index (χ2n) is 10.7. The van der Waals surface area contributed by atoms with Crippen LogP contribution in [-0.2, 0) is 22.7 Å². The van der Waals surface area contributed by atoms with Crippen molar-refractivity contribution in [1.29, 1.82) is 0 Å². The van der Waals surface area contributed by atoms with Gasteiger partial charge in [-0.25, -0.2) is 0 Å². The Labute approximate surface area is 248 Å². The largest absolute Gasteiger partial charge is 0.377 e. The first-order chi connectivity index (χ1) is 20.8. The quantitative estimate of drug-likeness (QED) is 0.136. The summed E-state index contributed by atoms with van der Waals surface area (Å²) in [5.74, 6) is 0. The van der Waals surface area contributed by atoms with Gasteiger partial charge in [0.1, 0.15) is 0 Å². The zero-order valence-corrected chi connectivity index (χ0v) is 24.0. The molecule has 4 heteroatoms. The zero-order valence-electron chi connectivity index (χ0n) is 24.0. The van der Waals surface area contributed by atoms with Crippen molar-refractivity contribution in [3.05, 3.63) is 139 Å². The zero-order chi connectivity index (χ0) is 28.4. The van der Waals surface area contributed by atoms with Crippen LogP contribution in [0.3, 0.4) is 0 Å². The molecule has 0 unspecified atom stereocenters. The molecule has 0 aliphatic carbocycles. The fraction of sp³-hybridized carbons (Fsp3) is 0.211. The Bertz CT molecular complexity index is 1640. The summed E-state index contributed by atoms with van der Waals surface area (Å²) in [4.78, 5) is 5.76. The fourth-order valence-electron chi connectivity index (χ4n) is 5.47. The van der Waals surface area contributed by atoms with Gasteiger partial charge in [-0.3, -0.25) is 0 Å². The van der Waals surface area contributed by atoms with Crippen LogP contribution in [0, 0.1) is 0 Å². The third-order valence-electron chi connectivity index (χ3n) is 7.66. The minimum absolute atomic E-state index is 0.640. The summed E-state index contributed by atoms with van der Waals surface area (Å²) in [6.07, 6.45) is 4.47. The van der Waals surface area contributed by atoms with Crippen molar-refractivity contribution >= 4 is 38.9 Å². The number of H-pyrrole nitrogens is 1. The lowest BCUT2D eigenvalue weighted by Crippen LogP contribution is -2.09. The number of aromatic nitrogens is 1. The first-order valence-electron chi connectivity index (χ1n) is 15.0. The van der Waals surface area contributed by atoms with E-state index in [1.165, 1.54) is 32.9 Å². The van der Waals surface area contributed by atoms with E-state index in [0.717, 1.165) is 56.0 Å². The van der Waals surface area contributed by atoms with Crippen LogP contribution in [-0.4, -0.2) is 18.2 Å². The molecule has 0 aliphatic rings. The van der Waals surface area contributed by atoms with E-state index in [2.05, 4.69) is 137 Å². The molecule has 5 aromatic carbocycles. The number of fused-ring (bicyclic) bond motifs is 3. The third kappa shape index (κ3) is 6.91. The van der Waals surface area contributed by atoms with E-state index in [-0.39, 0.29) is 0 Å². The average Bonchev–Trinajstić information content (AvgIpc) is 3.42. The molecule has 0 aliphatic heterocycles. The van der Waals surface area contributed by atoms with Crippen LogP contribution in [0.5, 0.6) is 0 Å². The van der Waals surface area contributed by atoms with Crippen LogP contribution in [0.1, 0.15) is 36.8 Å². The second-order valence-corrected chi connectivity index (χ2v) is 10.7. The Balaban J connectivity index is 0.883. The molecule has 212 valence electrons. The number of aromatic amines is 1. The molecule has 0 radical (unpaired) electrons. The second kappa shape index (κ2) is 14.0. The highest BCUT2D eigenvalue weighted by Gasteiger charge is 2.11. The van der Waals surface area contributed by atoms with Gasteiger partial charge in [-0.15, -0.1) is 0 Å². The minimum Gasteiger partial charge on any atom is -0.377 e. The van der Waals surface area contributed by atoms with Crippen molar-refractivity contribution in [2.75, 3.05) is 18.1 Å². The summed E-state index contributed by atoms with van der Waals surface area (Å²) < 4.78 is 12.0. The van der Waals surface area contributed by atoms with E-state index in [1.54, 1.807) is 0 Å². The monoisotopic (exact) mass is 554 g/mol. The number of benzene rings is 5. The number of nitrogens with one attached hydrogen (secondary N) is 1. The van der Waals surface area contributed by atoms with Gasteiger partial charge in [-0.05, 0) is 78.6 Å². The molecule has 0 saturated heterocycles. The predicted octanol–water partition coefficient (Wildman–Crippen LogP) is 10.1. The SMILES string of the molecule is c1ccc(N(c2ccccc2)c2ccc(COCCCCCCOCc3ccc4[nH]c5ccccc5c4c3)cc2)cc1. The van der Waals surface area contributed by atoms with Crippen molar-refractivity contribution in [3.63, 3.8) is 0 Å². The molecular formula is C38H38N2O2. The lowest BCUT2D eigenvalue weighted by Gasteiger charge is -2.25. The first-order valence-corrected chi connectivity index (χ1v) is 15.0. The van der Waals surface area contributed by atoms with Gasteiger partial charge < -0.3 is 19.4 Å². The molecular weight excluding hydrogens is 516 g/mol. The summed E-state index contributed by atoms with van der Waals surface area (Å²) in [5.41, 5.74) is 8.20. The van der Waals surface area contributed by atoms with Crippen LogP contribution < -0.4 is 4.90 Å². The molecule has 0 amide bonds. The molecule has 0 atom stereocenters. The maximum absolute atomic E-state index is 5.99. The van der Waals surface area contributed by atoms with Crippen LogP contribution in [0.25, 0.3) is 21.8 Å². The van der Waals surface area contributed by atoms with Crippen LogP contribution in [0.15, 0.2) is 127 Å². The van der Waals surface area contributed by atoms with Gasteiger partial charge in [0.05, 0.1) is 13.2 Å². The third-order valence-corrected chi connectivity index (χ3v) is 7.66. The molecule has 0 spiro atoms. The van der Waals surface area contributed by atoms with Gasteiger partial charge in [0.25, 0.3) is 0 Å². The number of ether oxygens (including phenoxy) is 2. The Morgan fingerprint density at radius 3 is 1.64 bits per heavy atom. The van der Waals surface area contributed by atoms with E-state index >= 15 is 0 Å². The predicted molar refractivity (Wildman–Crippen MR) is 175 cm³/mol. The topological polar surface area (TPSA) is 37.5 Å². The molecule has 6 rings (SSSR count). The van der Waals surface area contributed by atoms with Crippen molar-refractivity contribution in [2.24, 2.45) is 0 Å². The Hall–Kier alpha value is -4.38. The highest BCUT2D eigenvalue weighted by Crippen LogP contribution is 2.34. The number of hydrogen-bond acceptors (Lipinski definition) is 3. The first kappa shape index (κ1) is 27.8. The lowest BCUT2D eigenvalue weighted by molar-refractivity contribution is 0.108. The van der Waals surface area contributed by atoms with Crippen LogP contribution >= 0.6 is 0 Å². The van der Waals surface area contributed by atoms with Crippen molar-refractivity contribution in [2.45, 2.75) is 38.9 Å². The number of anilines is 3. The summed E-state index contributed by atoms with van der Waals surface area (Å²) >= 11 is 0. The molecule has 1 heterocycles. The van der Waals surface area contributed by atoms with Gasteiger partial charge in [0.15, 0.2) is 0 Å². The minimum atomic E-state index is 0.640. The molecule has 6 aromatic rings. The van der Waals surface area contributed by atoms with Gasteiger partial charge >= 0.3 is 0 Å². The van der Waals surface area contributed by atoms with Crippen molar-refractivity contribution in [1.82, 2.24) is 4.98 Å². The number of unbranched alkanes of at least 4 members (excludes halogenated alkanes) is 3. The summed E-state index contributed by atoms with van der Waals surface area (Å²) in [6.45, 7) is 2.88. The Morgan fingerprint density at radius 2 is 0.976 bits per heavy atom. The smallest absolute Gasteiger partial charge is 0.0717 e. The highest BCUT2D eigenvalue weighted by molar-refractivity contribution is 6.07. The van der Waals surface area contributed by atoms with E-state index in [9.17, 15) is 0 Å². The van der Waals surface area contributed by atoms with Gasteiger partial charge in [-0.2, -0.15) is 0 Å². The molecule has 0 saturated carbocycles. The van der Waals surface area contributed by atoms with Crippen molar-refractivity contribution < 1.29 is 9.47 Å². The Morgan fingerprint density at radius 1 is 0.452 bits per heavy atom. The van der Waals surface area contributed by atoms with Gasteiger partial charge in [-0.1, -0.05) is 85.6 Å². The standard InChI is InChI=1S/C38H38N2O2/c1(2-12-26-42-29-31-21-24-38-36(27-31)35-17-9-10-18-37(35)39-38)11-25-41-28-30-19-22-34(23-20-30)40(32-13-5-3-6-14-32)33-15-7-4-8-16-33/h3-10,13-24,27,39H,1-2,11-12,25-26,28-29H2. The van der Waals surface area contributed by atoms with E-state index in [4.69, 9.17) is 9.47 Å². The Kier molecular flexibility index (Phi) is 9.25. The number of rotatable bonds is 14. The lowest BCUT2D eigenvalue weighted by atomic mass is 10.1. The average molecular weight is 555 g/mol. The van der Waals surface area contributed by atoms with Gasteiger partial charge in [0, 0.05) is 52.1 Å². The van der Waals surface area contributed by atoms with E-state index < -0.39 is 0 Å². The fourth-order valence-corrected chi connectivity index (χ4v) is 5.47. The molecule has 4 nitrogen and oxygen atoms in total. The van der Waals surface area contributed by atoms with E-state index in [0.29, 0.717) is 13.2 Å². The summed E-state index contributed by atoms with van der Waals surface area (Å²) in [6, 6.07) is 44.7. The highest BCUT2D eigenvalue weighted by atomic mass is 16.5. The molecule has 1 N–H and O–H groups in total. The number of hydrogen-bond donors (Lipinski definition) is 1. The molecule has 0 fully saturated rings. The van der Waals surface area contributed by atoms with Crippen LogP contribution in [0.2, 0.25) is 0 Å². The normalized spacial score (nSPS) is 11.3. The van der Waals surface area contributed by atoms with Gasteiger partial charge in [0.2, 0.25) is 0 Å². The molecule has 0 bridgehead atoms. The molecule has 42 heavy (non-hydrogen) atoms. The van der Waals surface area contributed by atoms with Crippen molar-refractivity contribution in [3.8, 4) is 0 Å². The maximum atomic E-state index is 5.99. The van der Waals surface area contributed by atoms with Crippen LogP contribution in [0.4, 0.5) is 17.1 Å². The number of nitrogens with zero attached hydrogens (tertiary/aromatic N) is 1.